The van der Waals surface area contributed by atoms with E-state index in [-0.39, 0.29) is 16.9 Å². The maximum atomic E-state index is 13.0. The smallest absolute Gasteiger partial charge is 0.270 e. The zero-order valence-corrected chi connectivity index (χ0v) is 19.6. The number of aromatic nitrogens is 4. The second-order valence-corrected chi connectivity index (χ2v) is 10.4. The molecule has 4 unspecified atom stereocenters. The van der Waals surface area contributed by atoms with E-state index in [9.17, 15) is 4.79 Å². The molecular formula is C26H29N6O2+. The topological polar surface area (TPSA) is 96.8 Å². The van der Waals surface area contributed by atoms with Crippen molar-refractivity contribution in [2.75, 3.05) is 6.54 Å². The van der Waals surface area contributed by atoms with E-state index in [1.165, 1.54) is 11.9 Å². The van der Waals surface area contributed by atoms with Gasteiger partial charge in [0.25, 0.3) is 5.91 Å². The van der Waals surface area contributed by atoms with Crippen LogP contribution in [0.25, 0.3) is 5.57 Å². The minimum absolute atomic E-state index is 0.161. The lowest BCUT2D eigenvalue weighted by atomic mass is 9.79. The van der Waals surface area contributed by atoms with Crippen molar-refractivity contribution in [1.82, 2.24) is 25.5 Å². The molecule has 2 aromatic heterocycles. The van der Waals surface area contributed by atoms with Gasteiger partial charge in [-0.3, -0.25) is 4.79 Å². The molecule has 2 bridgehead atoms. The average molecular weight is 458 g/mol. The largest absolute Gasteiger partial charge is 0.420 e. The Kier molecular flexibility index (Phi) is 4.86. The van der Waals surface area contributed by atoms with E-state index in [0.717, 1.165) is 44.2 Å². The molecule has 1 amide bonds. The number of hydrogen-bond donors (Lipinski definition) is 1. The standard InChI is InChI=1S/C26H28N6O2/c1-17-4-3-5-19(7-6-18(17)2)23-30-31-24(34-23)25-9-10-26(14-25,15-32-13-20(32)12-25)29-22(33)21-8-11-27-16-28-21/h3,5-8,11,13,16-17,20H,4,9-10,12,14-15H2,1-2H3/p+1. The van der Waals surface area contributed by atoms with E-state index in [2.05, 4.69) is 74.4 Å². The molecule has 1 N–H and O–H groups in total. The van der Waals surface area contributed by atoms with Crippen LogP contribution in [-0.2, 0) is 5.41 Å². The first kappa shape index (κ1) is 21.1. The Morgan fingerprint density at radius 2 is 2.18 bits per heavy atom. The Labute approximate surface area is 198 Å². The van der Waals surface area contributed by atoms with Crippen LogP contribution in [0.1, 0.15) is 68.2 Å². The van der Waals surface area contributed by atoms with Crippen LogP contribution in [-0.4, -0.2) is 55.0 Å². The maximum Gasteiger partial charge on any atom is 0.270 e. The first-order valence-corrected chi connectivity index (χ1v) is 12.0. The lowest BCUT2D eigenvalue weighted by Gasteiger charge is -2.28. The van der Waals surface area contributed by atoms with Gasteiger partial charge in [0, 0.05) is 18.2 Å². The Morgan fingerprint density at radius 3 is 3.03 bits per heavy atom. The van der Waals surface area contributed by atoms with Crippen molar-refractivity contribution >= 4 is 17.7 Å². The molecule has 2 aliphatic carbocycles. The first-order valence-electron chi connectivity index (χ1n) is 12.0. The molecular weight excluding hydrogens is 428 g/mol. The van der Waals surface area contributed by atoms with E-state index >= 15 is 0 Å². The molecule has 8 nitrogen and oxygen atoms in total. The molecule has 34 heavy (non-hydrogen) atoms. The Morgan fingerprint density at radius 1 is 1.26 bits per heavy atom. The van der Waals surface area contributed by atoms with Crippen molar-refractivity contribution in [3.63, 3.8) is 0 Å². The fraction of sp³-hybridized carbons (Fsp3) is 0.462. The van der Waals surface area contributed by atoms with Gasteiger partial charge in [0.2, 0.25) is 24.0 Å². The summed E-state index contributed by atoms with van der Waals surface area (Å²) in [5.41, 5.74) is 2.07. The second kappa shape index (κ2) is 7.82. The van der Waals surface area contributed by atoms with Crippen molar-refractivity contribution in [2.45, 2.75) is 62.9 Å². The number of carbonyl (C=O) groups excluding carboxylic acids is 1. The third-order valence-electron chi connectivity index (χ3n) is 7.95. The van der Waals surface area contributed by atoms with Crippen molar-refractivity contribution in [2.24, 2.45) is 5.92 Å². The van der Waals surface area contributed by atoms with E-state index in [0.29, 0.717) is 29.4 Å². The highest BCUT2D eigenvalue weighted by Crippen LogP contribution is 2.52. The molecule has 0 radical (unpaired) electrons. The Hall–Kier alpha value is -3.42. The van der Waals surface area contributed by atoms with Gasteiger partial charge in [0.15, 0.2) is 6.54 Å². The molecule has 1 saturated heterocycles. The Bertz CT molecular complexity index is 1260. The van der Waals surface area contributed by atoms with Gasteiger partial charge in [-0.25, -0.2) is 14.5 Å². The highest BCUT2D eigenvalue weighted by Gasteiger charge is 2.62. The summed E-state index contributed by atoms with van der Waals surface area (Å²) in [4.78, 5) is 21.0. The molecule has 6 rings (SSSR count). The number of amides is 1. The molecule has 4 heterocycles. The summed E-state index contributed by atoms with van der Waals surface area (Å²) in [5.74, 6) is 1.61. The van der Waals surface area contributed by atoms with Crippen molar-refractivity contribution in [1.29, 1.82) is 0 Å². The van der Waals surface area contributed by atoms with Gasteiger partial charge in [-0.05, 0) is 50.7 Å². The van der Waals surface area contributed by atoms with Gasteiger partial charge >= 0.3 is 0 Å². The first-order chi connectivity index (χ1) is 16.5. The van der Waals surface area contributed by atoms with Gasteiger partial charge in [0.1, 0.15) is 12.0 Å². The van der Waals surface area contributed by atoms with E-state index in [1.807, 2.05) is 0 Å². The fourth-order valence-corrected chi connectivity index (χ4v) is 5.75. The summed E-state index contributed by atoms with van der Waals surface area (Å²) in [7, 11) is 0. The molecule has 0 aromatic carbocycles. The minimum atomic E-state index is -0.353. The van der Waals surface area contributed by atoms with E-state index in [1.54, 1.807) is 12.3 Å². The molecule has 8 heteroatoms. The minimum Gasteiger partial charge on any atom is -0.420 e. The lowest BCUT2D eigenvalue weighted by molar-refractivity contribution is -0.479. The van der Waals surface area contributed by atoms with Crippen molar-refractivity contribution in [3.05, 3.63) is 65.9 Å². The van der Waals surface area contributed by atoms with Gasteiger partial charge in [0.05, 0.1) is 11.0 Å². The molecule has 4 aliphatic rings. The fourth-order valence-electron chi connectivity index (χ4n) is 5.75. The highest BCUT2D eigenvalue weighted by atomic mass is 16.4. The molecule has 2 aliphatic heterocycles. The second-order valence-electron chi connectivity index (χ2n) is 10.4. The SMILES string of the molecule is CC1=CC=C(c2nnc(C34CCC(NC(=O)c5ccncn5)(C[N+]5=CC5C3)C4)o2)C=CCC1C. The summed E-state index contributed by atoms with van der Waals surface area (Å²) in [5, 5.41) is 12.3. The predicted octanol–water partition coefficient (Wildman–Crippen LogP) is 3.25. The van der Waals surface area contributed by atoms with Crippen LogP contribution in [0.15, 0.2) is 52.9 Å². The number of fused-ring (bicyclic) bond motifs is 3. The Balaban J connectivity index is 1.29. The summed E-state index contributed by atoms with van der Waals surface area (Å²) < 4.78 is 8.69. The summed E-state index contributed by atoms with van der Waals surface area (Å²) in [6, 6.07) is 2.04. The number of allylic oxidation sites excluding steroid dienone is 6. The number of rotatable bonds is 4. The van der Waals surface area contributed by atoms with Crippen molar-refractivity contribution < 1.29 is 13.8 Å². The highest BCUT2D eigenvalue weighted by molar-refractivity contribution is 5.92. The third kappa shape index (κ3) is 3.71. The van der Waals surface area contributed by atoms with Crippen LogP contribution < -0.4 is 5.32 Å². The van der Waals surface area contributed by atoms with E-state index < -0.39 is 0 Å². The normalized spacial score (nSPS) is 31.9. The van der Waals surface area contributed by atoms with Gasteiger partial charge < -0.3 is 9.73 Å². The zero-order chi connectivity index (χ0) is 23.3. The summed E-state index contributed by atoms with van der Waals surface area (Å²) >= 11 is 0. The third-order valence-corrected chi connectivity index (χ3v) is 7.95. The van der Waals surface area contributed by atoms with Gasteiger partial charge in [-0.15, -0.1) is 10.2 Å². The van der Waals surface area contributed by atoms with Crippen LogP contribution in [0.5, 0.6) is 0 Å². The van der Waals surface area contributed by atoms with Crippen LogP contribution in [0.3, 0.4) is 0 Å². The van der Waals surface area contributed by atoms with Crippen LogP contribution in [0, 0.1) is 5.92 Å². The number of nitrogens with one attached hydrogen (secondary N) is 1. The predicted molar refractivity (Wildman–Crippen MR) is 126 cm³/mol. The number of hydrogen-bond acceptors (Lipinski definition) is 6. The molecule has 4 atom stereocenters. The summed E-state index contributed by atoms with van der Waals surface area (Å²) in [6.45, 7) is 5.19. The molecule has 2 fully saturated rings. The van der Waals surface area contributed by atoms with Gasteiger partial charge in [-0.2, -0.15) is 0 Å². The quantitative estimate of drug-likeness (QED) is 0.708. The molecule has 0 spiro atoms. The average Bonchev–Trinajstić information content (AvgIpc) is 3.20. The van der Waals surface area contributed by atoms with E-state index in [4.69, 9.17) is 4.42 Å². The zero-order valence-electron chi connectivity index (χ0n) is 19.6. The van der Waals surface area contributed by atoms with Crippen molar-refractivity contribution in [3.8, 4) is 0 Å². The molecule has 174 valence electrons. The monoisotopic (exact) mass is 457 g/mol. The number of nitrogens with zero attached hydrogens (tertiary/aromatic N) is 5. The number of carbonyl (C=O) groups is 1. The summed E-state index contributed by atoms with van der Waals surface area (Å²) in [6.07, 6.45) is 18.2. The molecule has 1 saturated carbocycles. The van der Waals surface area contributed by atoms with Crippen LogP contribution >= 0.6 is 0 Å². The van der Waals surface area contributed by atoms with Gasteiger partial charge in [-0.1, -0.05) is 30.7 Å². The molecule has 2 aromatic rings. The van der Waals surface area contributed by atoms with Crippen LogP contribution in [0.2, 0.25) is 0 Å². The van der Waals surface area contributed by atoms with Crippen LogP contribution in [0.4, 0.5) is 0 Å². The lowest BCUT2D eigenvalue weighted by Crippen LogP contribution is -2.51. The maximum absolute atomic E-state index is 13.0.